The lowest BCUT2D eigenvalue weighted by Gasteiger charge is -2.57. The highest BCUT2D eigenvalue weighted by molar-refractivity contribution is 5.67. The van der Waals surface area contributed by atoms with Crippen LogP contribution in [0.5, 0.6) is 0 Å². The van der Waals surface area contributed by atoms with Gasteiger partial charge in [-0.15, -0.1) is 0 Å². The standard InChI is InChI=1S/C18H20O8/c1-9(19)22-15-13-12(21-8-11-6-4-3-5-7-11)14-16(23-10(2)20)17(15)26-18(24-13)25-14/h3-7,12-18H,8H2,1-2H3. The van der Waals surface area contributed by atoms with Gasteiger partial charge < -0.3 is 28.4 Å². The number of ether oxygens (including phenoxy) is 6. The molecule has 1 aromatic rings. The molecule has 4 bridgehead atoms. The average molecular weight is 364 g/mol. The minimum atomic E-state index is -0.884. The van der Waals surface area contributed by atoms with Gasteiger partial charge in [-0.1, -0.05) is 30.3 Å². The fraction of sp³-hybridized carbons (Fsp3) is 0.556. The van der Waals surface area contributed by atoms with Crippen molar-refractivity contribution in [2.75, 3.05) is 0 Å². The fourth-order valence-corrected chi connectivity index (χ4v) is 3.68. The highest BCUT2D eigenvalue weighted by Gasteiger charge is 2.65. The van der Waals surface area contributed by atoms with Crippen LogP contribution >= 0.6 is 0 Å². The Labute approximate surface area is 150 Å². The van der Waals surface area contributed by atoms with Gasteiger partial charge in [-0.2, -0.15) is 0 Å². The number of hydrogen-bond donors (Lipinski definition) is 0. The van der Waals surface area contributed by atoms with Gasteiger partial charge >= 0.3 is 11.9 Å². The van der Waals surface area contributed by atoms with Crippen molar-refractivity contribution in [3.05, 3.63) is 35.9 Å². The van der Waals surface area contributed by atoms with Crippen molar-refractivity contribution in [3.63, 3.8) is 0 Å². The Kier molecular flexibility index (Phi) is 4.66. The maximum absolute atomic E-state index is 11.5. The summed E-state index contributed by atoms with van der Waals surface area (Å²) in [6.45, 7) is 2.05. The molecule has 4 unspecified atom stereocenters. The molecule has 8 nitrogen and oxygen atoms in total. The zero-order valence-corrected chi connectivity index (χ0v) is 14.4. The molecule has 0 spiro atoms. The summed E-state index contributed by atoms with van der Waals surface area (Å²) in [6, 6.07) is 9.63. The molecule has 26 heavy (non-hydrogen) atoms. The molecule has 3 heterocycles. The predicted molar refractivity (Wildman–Crippen MR) is 84.5 cm³/mol. The van der Waals surface area contributed by atoms with E-state index in [4.69, 9.17) is 28.4 Å². The summed E-state index contributed by atoms with van der Waals surface area (Å²) in [7, 11) is 0. The van der Waals surface area contributed by atoms with E-state index in [0.29, 0.717) is 6.61 Å². The van der Waals surface area contributed by atoms with Gasteiger partial charge in [0.15, 0.2) is 12.2 Å². The molecule has 3 saturated heterocycles. The van der Waals surface area contributed by atoms with E-state index in [0.717, 1.165) is 5.56 Å². The van der Waals surface area contributed by atoms with Gasteiger partial charge in [0.1, 0.15) is 24.4 Å². The second-order valence-electron chi connectivity index (χ2n) is 6.50. The molecular formula is C18H20O8. The van der Waals surface area contributed by atoms with Crippen LogP contribution < -0.4 is 0 Å². The van der Waals surface area contributed by atoms with E-state index in [9.17, 15) is 9.59 Å². The second kappa shape index (κ2) is 6.96. The highest BCUT2D eigenvalue weighted by atomic mass is 16.9. The molecule has 4 aliphatic rings. The summed E-state index contributed by atoms with van der Waals surface area (Å²) >= 11 is 0. The molecule has 1 aliphatic carbocycles. The van der Waals surface area contributed by atoms with Gasteiger partial charge in [0.2, 0.25) is 0 Å². The fourth-order valence-electron chi connectivity index (χ4n) is 3.68. The van der Waals surface area contributed by atoms with Crippen molar-refractivity contribution in [2.24, 2.45) is 0 Å². The molecule has 140 valence electrons. The molecule has 0 aromatic heterocycles. The molecule has 1 saturated carbocycles. The maximum Gasteiger partial charge on any atom is 0.303 e. The lowest BCUT2D eigenvalue weighted by Crippen LogP contribution is -2.76. The summed E-state index contributed by atoms with van der Waals surface area (Å²) in [5.41, 5.74) is 0.977. The minimum Gasteiger partial charge on any atom is -0.457 e. The van der Waals surface area contributed by atoms with Crippen molar-refractivity contribution < 1.29 is 38.0 Å². The number of benzene rings is 1. The van der Waals surface area contributed by atoms with Crippen LogP contribution in [0.15, 0.2) is 30.3 Å². The van der Waals surface area contributed by atoms with E-state index in [2.05, 4.69) is 0 Å². The van der Waals surface area contributed by atoms with Crippen molar-refractivity contribution >= 4 is 11.9 Å². The zero-order valence-electron chi connectivity index (χ0n) is 14.4. The Morgan fingerprint density at radius 3 is 1.85 bits per heavy atom. The zero-order chi connectivity index (χ0) is 18.3. The maximum atomic E-state index is 11.5. The second-order valence-corrected chi connectivity index (χ2v) is 6.50. The van der Waals surface area contributed by atoms with E-state index in [1.165, 1.54) is 13.8 Å². The Balaban J connectivity index is 1.57. The van der Waals surface area contributed by atoms with Crippen LogP contribution in [0.4, 0.5) is 0 Å². The number of esters is 2. The number of hydrogen-bond acceptors (Lipinski definition) is 8. The molecule has 5 rings (SSSR count). The lowest BCUT2D eigenvalue weighted by molar-refractivity contribution is -0.483. The monoisotopic (exact) mass is 364 g/mol. The molecule has 0 amide bonds. The van der Waals surface area contributed by atoms with Gasteiger partial charge in [0.25, 0.3) is 6.48 Å². The van der Waals surface area contributed by atoms with Gasteiger partial charge in [-0.25, -0.2) is 0 Å². The molecule has 0 N–H and O–H groups in total. The first-order chi connectivity index (χ1) is 12.5. The smallest absolute Gasteiger partial charge is 0.303 e. The van der Waals surface area contributed by atoms with Gasteiger partial charge in [-0.05, 0) is 5.56 Å². The van der Waals surface area contributed by atoms with Crippen LogP contribution in [-0.4, -0.2) is 55.0 Å². The highest BCUT2D eigenvalue weighted by Crippen LogP contribution is 2.43. The van der Waals surface area contributed by atoms with Crippen LogP contribution in [0.2, 0.25) is 0 Å². The first kappa shape index (κ1) is 17.4. The topological polar surface area (TPSA) is 89.5 Å². The summed E-state index contributed by atoms with van der Waals surface area (Å²) in [5.74, 6) is -0.946. The van der Waals surface area contributed by atoms with Gasteiger partial charge in [0, 0.05) is 13.8 Å². The minimum absolute atomic E-state index is 0.320. The van der Waals surface area contributed by atoms with Crippen LogP contribution in [0.3, 0.4) is 0 Å². The lowest BCUT2D eigenvalue weighted by atomic mass is 9.82. The Morgan fingerprint density at radius 2 is 1.35 bits per heavy atom. The van der Waals surface area contributed by atoms with Crippen LogP contribution in [0.1, 0.15) is 19.4 Å². The summed E-state index contributed by atoms with van der Waals surface area (Å²) in [4.78, 5) is 23.1. The molecule has 8 heteroatoms. The third-order valence-electron chi connectivity index (χ3n) is 4.64. The third kappa shape index (κ3) is 3.21. The Hall–Kier alpha value is -2.00. The van der Waals surface area contributed by atoms with E-state index in [-0.39, 0.29) is 0 Å². The van der Waals surface area contributed by atoms with Crippen molar-refractivity contribution in [3.8, 4) is 0 Å². The Bertz CT molecular complexity index is 643. The summed E-state index contributed by atoms with van der Waals surface area (Å²) in [6.07, 6.45) is -3.82. The first-order valence-corrected chi connectivity index (χ1v) is 8.49. The van der Waals surface area contributed by atoms with E-state index < -0.39 is 55.0 Å². The summed E-state index contributed by atoms with van der Waals surface area (Å²) in [5, 5.41) is 0. The van der Waals surface area contributed by atoms with Gasteiger partial charge in [0.05, 0.1) is 6.61 Å². The van der Waals surface area contributed by atoms with Crippen LogP contribution in [-0.2, 0) is 44.6 Å². The molecule has 3 aliphatic heterocycles. The number of rotatable bonds is 5. The molecule has 4 fully saturated rings. The first-order valence-electron chi connectivity index (χ1n) is 8.49. The number of carbonyl (C=O) groups is 2. The third-order valence-corrected chi connectivity index (χ3v) is 4.64. The van der Waals surface area contributed by atoms with Gasteiger partial charge in [-0.3, -0.25) is 9.59 Å². The largest absolute Gasteiger partial charge is 0.457 e. The van der Waals surface area contributed by atoms with Crippen molar-refractivity contribution in [1.82, 2.24) is 0 Å². The Morgan fingerprint density at radius 1 is 0.846 bits per heavy atom. The average Bonchev–Trinajstić information content (AvgIpc) is 2.60. The van der Waals surface area contributed by atoms with E-state index in [1.807, 2.05) is 30.3 Å². The molecule has 1 aromatic carbocycles. The van der Waals surface area contributed by atoms with Crippen molar-refractivity contribution in [2.45, 2.75) is 63.6 Å². The predicted octanol–water partition coefficient (Wildman–Crippen LogP) is 0.915. The number of carbonyl (C=O) groups excluding carboxylic acids is 2. The van der Waals surface area contributed by atoms with E-state index in [1.54, 1.807) is 0 Å². The SMILES string of the molecule is CC(=O)OC1C2OC3OC(C2OCc2ccccc2)C(OC(C)=O)C1O3. The molecule has 0 radical (unpaired) electrons. The van der Waals surface area contributed by atoms with Crippen LogP contribution in [0, 0.1) is 0 Å². The van der Waals surface area contributed by atoms with Crippen LogP contribution in [0.25, 0.3) is 0 Å². The normalized spacial score (nSPS) is 37.4. The molecule has 4 atom stereocenters. The van der Waals surface area contributed by atoms with Crippen molar-refractivity contribution in [1.29, 1.82) is 0 Å². The quantitative estimate of drug-likeness (QED) is 0.713. The molecular weight excluding hydrogens is 344 g/mol. The summed E-state index contributed by atoms with van der Waals surface area (Å²) < 4.78 is 33.9. The van der Waals surface area contributed by atoms with E-state index >= 15 is 0 Å².